The molecule has 0 unspecified atom stereocenters. The fourth-order valence-electron chi connectivity index (χ4n) is 4.15. The first-order chi connectivity index (χ1) is 15.5. The van der Waals surface area contributed by atoms with E-state index in [2.05, 4.69) is 5.32 Å². The zero-order chi connectivity index (χ0) is 22.2. The smallest absolute Gasteiger partial charge is 0.352 e. The van der Waals surface area contributed by atoms with Crippen LogP contribution in [0.2, 0.25) is 0 Å². The molecule has 1 fully saturated rings. The van der Waals surface area contributed by atoms with Crippen LogP contribution in [-0.4, -0.2) is 57.7 Å². The van der Waals surface area contributed by atoms with Crippen molar-refractivity contribution in [2.24, 2.45) is 0 Å². The van der Waals surface area contributed by atoms with Crippen molar-refractivity contribution in [3.63, 3.8) is 0 Å². The molecule has 3 aliphatic rings. The molecule has 9 heteroatoms. The van der Waals surface area contributed by atoms with Gasteiger partial charge in [-0.25, -0.2) is 4.79 Å². The Kier molecular flexibility index (Phi) is 5.26. The second-order valence-corrected chi connectivity index (χ2v) is 8.76. The number of para-hydroxylation sites is 2. The molecular weight excluding hydrogens is 432 g/mol. The third-order valence-corrected chi connectivity index (χ3v) is 6.97. The minimum atomic E-state index is -1.17. The molecule has 164 valence electrons. The largest absolute Gasteiger partial charge is 0.485 e. The van der Waals surface area contributed by atoms with E-state index in [1.165, 1.54) is 16.7 Å². The van der Waals surface area contributed by atoms with Crippen LogP contribution in [0.15, 0.2) is 65.9 Å². The Labute approximate surface area is 188 Å². The Morgan fingerprint density at radius 3 is 2.66 bits per heavy atom. The van der Waals surface area contributed by atoms with E-state index >= 15 is 0 Å². The Bertz CT molecular complexity index is 1090. The number of carboxylic acid groups (broad SMARTS) is 1. The third kappa shape index (κ3) is 3.58. The SMILES string of the molecule is O=C(COc1ccccc1)N[C@@H]1C(=O)N2C(C(=O)O)=C([C@@H]3Cc4ccccc4O3)CS[C@H]12. The van der Waals surface area contributed by atoms with E-state index in [9.17, 15) is 19.5 Å². The van der Waals surface area contributed by atoms with Gasteiger partial charge in [0.15, 0.2) is 6.61 Å². The van der Waals surface area contributed by atoms with Gasteiger partial charge in [-0.1, -0.05) is 36.4 Å². The van der Waals surface area contributed by atoms with Gasteiger partial charge in [0.2, 0.25) is 0 Å². The summed E-state index contributed by atoms with van der Waals surface area (Å²) in [5.41, 5.74) is 1.56. The number of carbonyl (C=O) groups is 3. The first kappa shape index (κ1) is 20.4. The molecule has 1 saturated heterocycles. The summed E-state index contributed by atoms with van der Waals surface area (Å²) in [7, 11) is 0. The molecule has 0 spiro atoms. The highest BCUT2D eigenvalue weighted by Crippen LogP contribution is 2.43. The van der Waals surface area contributed by atoms with Crippen molar-refractivity contribution in [2.75, 3.05) is 12.4 Å². The Morgan fingerprint density at radius 2 is 1.91 bits per heavy atom. The lowest BCUT2D eigenvalue weighted by atomic mass is 9.98. The normalized spacial score (nSPS) is 23.6. The van der Waals surface area contributed by atoms with Gasteiger partial charge in [0.25, 0.3) is 11.8 Å². The number of benzene rings is 2. The zero-order valence-electron chi connectivity index (χ0n) is 16.9. The zero-order valence-corrected chi connectivity index (χ0v) is 17.7. The van der Waals surface area contributed by atoms with Crippen LogP contribution in [0.3, 0.4) is 0 Å². The fraction of sp³-hybridized carbons (Fsp3) is 0.261. The van der Waals surface area contributed by atoms with Crippen LogP contribution in [0, 0.1) is 0 Å². The summed E-state index contributed by atoms with van der Waals surface area (Å²) in [4.78, 5) is 38.5. The van der Waals surface area contributed by atoms with Crippen LogP contribution in [-0.2, 0) is 20.8 Å². The standard InChI is InChI=1S/C23H20N2O6S/c26-18(11-30-14-7-2-1-3-8-14)24-19-21(27)25-20(23(28)29)15(12-32-22(19)25)17-10-13-6-4-5-9-16(13)31-17/h1-9,17,19,22H,10-12H2,(H,24,26)(H,28,29)/t17-,19+,22+/m0/s1. The Morgan fingerprint density at radius 1 is 1.16 bits per heavy atom. The number of nitrogens with zero attached hydrogens (tertiary/aromatic N) is 1. The van der Waals surface area contributed by atoms with Gasteiger partial charge in [0.1, 0.15) is 34.7 Å². The van der Waals surface area contributed by atoms with Gasteiger partial charge < -0.3 is 19.9 Å². The summed E-state index contributed by atoms with van der Waals surface area (Å²) in [5.74, 6) is -0.360. The van der Waals surface area contributed by atoms with E-state index < -0.39 is 35.3 Å². The van der Waals surface area contributed by atoms with E-state index in [1.807, 2.05) is 30.3 Å². The molecule has 3 heterocycles. The molecule has 3 atom stereocenters. The van der Waals surface area contributed by atoms with Crippen LogP contribution in [0.25, 0.3) is 0 Å². The molecule has 32 heavy (non-hydrogen) atoms. The fourth-order valence-corrected chi connectivity index (χ4v) is 5.55. The average molecular weight is 452 g/mol. The topological polar surface area (TPSA) is 105 Å². The van der Waals surface area contributed by atoms with Crippen molar-refractivity contribution in [3.05, 3.63) is 71.4 Å². The molecule has 0 bridgehead atoms. The first-order valence-corrected chi connectivity index (χ1v) is 11.2. The number of aliphatic carboxylic acids is 1. The molecule has 2 N–H and O–H groups in total. The van der Waals surface area contributed by atoms with Crippen molar-refractivity contribution < 1.29 is 29.0 Å². The molecule has 2 amide bonds. The second kappa shape index (κ2) is 8.23. The number of nitrogens with one attached hydrogen (secondary N) is 1. The predicted molar refractivity (Wildman–Crippen MR) is 116 cm³/mol. The van der Waals surface area contributed by atoms with Gasteiger partial charge in [-0.3, -0.25) is 14.5 Å². The van der Waals surface area contributed by atoms with Crippen LogP contribution in [0.4, 0.5) is 0 Å². The van der Waals surface area contributed by atoms with Gasteiger partial charge >= 0.3 is 5.97 Å². The molecule has 0 saturated carbocycles. The minimum absolute atomic E-state index is 0.0393. The van der Waals surface area contributed by atoms with Crippen LogP contribution in [0.1, 0.15) is 5.56 Å². The number of rotatable bonds is 6. The van der Waals surface area contributed by atoms with E-state index in [4.69, 9.17) is 9.47 Å². The van der Waals surface area contributed by atoms with E-state index in [1.54, 1.807) is 24.3 Å². The predicted octanol–water partition coefficient (Wildman–Crippen LogP) is 1.81. The number of fused-ring (bicyclic) bond motifs is 2. The highest BCUT2D eigenvalue weighted by Gasteiger charge is 2.55. The molecule has 2 aromatic carbocycles. The van der Waals surface area contributed by atoms with Gasteiger partial charge in [-0.15, -0.1) is 11.8 Å². The number of hydrogen-bond acceptors (Lipinski definition) is 6. The maximum Gasteiger partial charge on any atom is 0.352 e. The van der Waals surface area contributed by atoms with Crippen LogP contribution < -0.4 is 14.8 Å². The average Bonchev–Trinajstić information content (AvgIpc) is 3.25. The number of carbonyl (C=O) groups excluding carboxylic acids is 2. The number of thioether (sulfide) groups is 1. The lowest BCUT2D eigenvalue weighted by molar-refractivity contribution is -0.151. The lowest BCUT2D eigenvalue weighted by Gasteiger charge is -2.49. The molecule has 8 nitrogen and oxygen atoms in total. The van der Waals surface area contributed by atoms with Gasteiger partial charge in [-0.2, -0.15) is 0 Å². The van der Waals surface area contributed by atoms with Crippen molar-refractivity contribution in [1.82, 2.24) is 10.2 Å². The third-order valence-electron chi connectivity index (χ3n) is 5.67. The Hall–Kier alpha value is -3.46. The highest BCUT2D eigenvalue weighted by atomic mass is 32.2. The van der Waals surface area contributed by atoms with E-state index in [-0.39, 0.29) is 12.3 Å². The number of amides is 2. The first-order valence-electron chi connectivity index (χ1n) is 10.2. The summed E-state index contributed by atoms with van der Waals surface area (Å²) >= 11 is 1.42. The monoisotopic (exact) mass is 452 g/mol. The molecule has 0 aliphatic carbocycles. The van der Waals surface area contributed by atoms with Crippen LogP contribution in [0.5, 0.6) is 11.5 Å². The van der Waals surface area contributed by atoms with Crippen molar-refractivity contribution in [2.45, 2.75) is 23.9 Å². The molecule has 3 aliphatic heterocycles. The van der Waals surface area contributed by atoms with Gasteiger partial charge in [-0.05, 0) is 23.8 Å². The summed E-state index contributed by atoms with van der Waals surface area (Å²) in [5, 5.41) is 12.1. The number of hydrogen-bond donors (Lipinski definition) is 2. The van der Waals surface area contributed by atoms with E-state index in [0.29, 0.717) is 23.5 Å². The maximum atomic E-state index is 12.8. The number of ether oxygens (including phenoxy) is 2. The minimum Gasteiger partial charge on any atom is -0.485 e. The van der Waals surface area contributed by atoms with Gasteiger partial charge in [0, 0.05) is 17.7 Å². The maximum absolute atomic E-state index is 12.8. The van der Waals surface area contributed by atoms with Crippen molar-refractivity contribution in [3.8, 4) is 11.5 Å². The lowest BCUT2D eigenvalue weighted by Crippen LogP contribution is -2.71. The molecule has 0 radical (unpaired) electrons. The van der Waals surface area contributed by atoms with Crippen molar-refractivity contribution in [1.29, 1.82) is 0 Å². The molecular formula is C23H20N2O6S. The van der Waals surface area contributed by atoms with E-state index in [0.717, 1.165) is 11.3 Å². The van der Waals surface area contributed by atoms with Crippen molar-refractivity contribution >= 4 is 29.5 Å². The highest BCUT2D eigenvalue weighted by molar-refractivity contribution is 8.00. The quantitative estimate of drug-likeness (QED) is 0.644. The molecule has 5 rings (SSSR count). The molecule has 0 aromatic heterocycles. The number of carboxylic acids is 1. The van der Waals surface area contributed by atoms with Gasteiger partial charge in [0.05, 0.1) is 0 Å². The second-order valence-electron chi connectivity index (χ2n) is 7.65. The summed E-state index contributed by atoms with van der Waals surface area (Å²) < 4.78 is 11.4. The molecule has 2 aromatic rings. The summed E-state index contributed by atoms with van der Waals surface area (Å²) in [6, 6.07) is 15.7. The van der Waals surface area contributed by atoms with Crippen LogP contribution >= 0.6 is 11.8 Å². The summed E-state index contributed by atoms with van der Waals surface area (Å²) in [6.45, 7) is -0.230. The summed E-state index contributed by atoms with van der Waals surface area (Å²) in [6.07, 6.45) is 0.139. The number of β-lactam (4-membered cyclic amide) rings is 1. The Balaban J connectivity index is 1.28.